The average Bonchev–Trinajstić information content (AvgIpc) is 3.65. The summed E-state index contributed by atoms with van der Waals surface area (Å²) in [5, 5.41) is 0. The van der Waals surface area contributed by atoms with E-state index < -0.39 is 35.0 Å². The number of hydrogen-bond acceptors (Lipinski definition) is 8. The summed E-state index contributed by atoms with van der Waals surface area (Å²) in [6, 6.07) is 15.2. The zero-order chi connectivity index (χ0) is 41.9. The third-order valence-electron chi connectivity index (χ3n) is 10.4. The largest absolute Gasteiger partial charge is 0.488 e. The Labute approximate surface area is 339 Å². The maximum absolute atomic E-state index is 15.0. The van der Waals surface area contributed by atoms with Crippen LogP contribution in [0.25, 0.3) is 11.1 Å². The molecule has 2 atom stereocenters. The van der Waals surface area contributed by atoms with Crippen molar-refractivity contribution in [3.8, 4) is 16.9 Å². The van der Waals surface area contributed by atoms with Crippen LogP contribution in [0.1, 0.15) is 82.0 Å². The van der Waals surface area contributed by atoms with Crippen molar-refractivity contribution in [2.24, 2.45) is 0 Å². The lowest BCUT2D eigenvalue weighted by Crippen LogP contribution is -2.56. The molecule has 12 nitrogen and oxygen atoms in total. The summed E-state index contributed by atoms with van der Waals surface area (Å²) < 4.78 is 46.5. The van der Waals surface area contributed by atoms with E-state index in [2.05, 4.69) is 0 Å². The molecular formula is C44H55F2N5O7. The predicted octanol–water partition coefficient (Wildman–Crippen LogP) is 7.45. The van der Waals surface area contributed by atoms with Crippen molar-refractivity contribution in [1.82, 2.24) is 19.6 Å². The van der Waals surface area contributed by atoms with Crippen LogP contribution in [0.2, 0.25) is 0 Å². The van der Waals surface area contributed by atoms with E-state index in [-0.39, 0.29) is 49.2 Å². The molecule has 3 heterocycles. The first-order chi connectivity index (χ1) is 27.4. The van der Waals surface area contributed by atoms with Crippen LogP contribution >= 0.6 is 0 Å². The number of halogens is 2. The minimum absolute atomic E-state index is 0.218. The molecule has 0 aromatic heterocycles. The predicted molar refractivity (Wildman–Crippen MR) is 216 cm³/mol. The van der Waals surface area contributed by atoms with Gasteiger partial charge >= 0.3 is 12.2 Å². The van der Waals surface area contributed by atoms with Gasteiger partial charge in [-0.3, -0.25) is 9.59 Å². The number of nitrogens with zero attached hydrogens (tertiary/aromatic N) is 5. The van der Waals surface area contributed by atoms with Gasteiger partial charge in [-0.25, -0.2) is 18.4 Å². The van der Waals surface area contributed by atoms with Gasteiger partial charge in [-0.2, -0.15) is 0 Å². The van der Waals surface area contributed by atoms with Crippen LogP contribution in [-0.2, 0) is 9.47 Å². The van der Waals surface area contributed by atoms with Crippen LogP contribution in [0.4, 0.5) is 24.1 Å². The molecule has 3 fully saturated rings. The molecule has 3 aromatic carbocycles. The molecule has 0 N–H and O–H groups in total. The fourth-order valence-corrected chi connectivity index (χ4v) is 7.48. The normalized spacial score (nSPS) is 18.9. The number of anilines is 1. The first kappa shape index (κ1) is 42.2. The van der Waals surface area contributed by atoms with Crippen LogP contribution in [0, 0.1) is 11.6 Å². The van der Waals surface area contributed by atoms with Gasteiger partial charge in [0.25, 0.3) is 11.8 Å². The third-order valence-corrected chi connectivity index (χ3v) is 10.4. The number of likely N-dealkylation sites (tertiary alicyclic amines) is 1. The zero-order valence-electron chi connectivity index (χ0n) is 34.6. The molecule has 0 saturated carbocycles. The Balaban J connectivity index is 1.13. The SMILES string of the molecule is CC[C@H]1CN(C(=O)c2cc(F)cc(N3CCN(C(=O)OC(C)(C)C)CC3)c2)CCN1C(=O)c1ccc(O[C@H]2CCN(C(=O)OC(C)(C)C)C2)c(-c2ccc(F)cc2)c1. The maximum atomic E-state index is 15.0. The highest BCUT2D eigenvalue weighted by atomic mass is 19.1. The van der Waals surface area contributed by atoms with Gasteiger partial charge < -0.3 is 38.7 Å². The van der Waals surface area contributed by atoms with Gasteiger partial charge in [0.2, 0.25) is 0 Å². The summed E-state index contributed by atoms with van der Waals surface area (Å²) in [5.74, 6) is -0.969. The zero-order valence-corrected chi connectivity index (χ0v) is 34.6. The minimum atomic E-state index is -0.622. The van der Waals surface area contributed by atoms with Crippen molar-refractivity contribution in [2.45, 2.75) is 84.7 Å². The molecule has 6 rings (SSSR count). The smallest absolute Gasteiger partial charge is 0.410 e. The van der Waals surface area contributed by atoms with Gasteiger partial charge in [0.05, 0.1) is 6.54 Å². The molecule has 0 radical (unpaired) electrons. The van der Waals surface area contributed by atoms with Crippen LogP contribution in [0.3, 0.4) is 0 Å². The lowest BCUT2D eigenvalue weighted by Gasteiger charge is -2.41. The number of amides is 4. The molecule has 0 bridgehead atoms. The molecule has 3 aromatic rings. The molecule has 3 aliphatic rings. The lowest BCUT2D eigenvalue weighted by molar-refractivity contribution is 0.0238. The van der Waals surface area contributed by atoms with Crippen molar-refractivity contribution >= 4 is 29.7 Å². The second kappa shape index (κ2) is 17.2. The molecule has 312 valence electrons. The molecular weight excluding hydrogens is 749 g/mol. The van der Waals surface area contributed by atoms with Gasteiger partial charge in [0, 0.05) is 87.2 Å². The molecule has 0 spiro atoms. The molecule has 3 aliphatic heterocycles. The molecule has 3 saturated heterocycles. The van der Waals surface area contributed by atoms with E-state index in [1.807, 2.05) is 53.4 Å². The van der Waals surface area contributed by atoms with Gasteiger partial charge in [-0.05, 0) is 102 Å². The summed E-state index contributed by atoms with van der Waals surface area (Å²) >= 11 is 0. The monoisotopic (exact) mass is 803 g/mol. The first-order valence-corrected chi connectivity index (χ1v) is 20.1. The second-order valence-electron chi connectivity index (χ2n) is 17.1. The average molecular weight is 804 g/mol. The Hall–Kier alpha value is -5.40. The van der Waals surface area contributed by atoms with Crippen molar-refractivity contribution < 1.29 is 42.2 Å². The number of carbonyl (C=O) groups excluding carboxylic acids is 4. The molecule has 0 unspecified atom stereocenters. The van der Waals surface area contributed by atoms with Crippen molar-refractivity contribution in [3.63, 3.8) is 0 Å². The minimum Gasteiger partial charge on any atom is -0.488 e. The number of benzene rings is 3. The van der Waals surface area contributed by atoms with E-state index in [4.69, 9.17) is 14.2 Å². The Morgan fingerprint density at radius 3 is 1.93 bits per heavy atom. The van der Waals surface area contributed by atoms with E-state index in [1.54, 1.807) is 56.0 Å². The Bertz CT molecular complexity index is 1990. The number of hydrogen-bond donors (Lipinski definition) is 0. The third kappa shape index (κ3) is 10.4. The van der Waals surface area contributed by atoms with Crippen molar-refractivity contribution in [2.75, 3.05) is 63.8 Å². The molecule has 0 aliphatic carbocycles. The van der Waals surface area contributed by atoms with Gasteiger partial charge in [0.1, 0.15) is 34.7 Å². The van der Waals surface area contributed by atoms with E-state index in [0.717, 1.165) is 0 Å². The van der Waals surface area contributed by atoms with Gasteiger partial charge in [-0.1, -0.05) is 19.1 Å². The Morgan fingerprint density at radius 1 is 0.655 bits per heavy atom. The highest BCUT2D eigenvalue weighted by molar-refractivity contribution is 5.98. The topological polar surface area (TPSA) is 112 Å². The van der Waals surface area contributed by atoms with Crippen molar-refractivity contribution in [1.29, 1.82) is 0 Å². The van der Waals surface area contributed by atoms with Gasteiger partial charge in [-0.15, -0.1) is 0 Å². The second-order valence-corrected chi connectivity index (χ2v) is 17.1. The number of piperazine rings is 2. The highest BCUT2D eigenvalue weighted by Crippen LogP contribution is 2.34. The summed E-state index contributed by atoms with van der Waals surface area (Å²) in [6.07, 6.45) is 0.0605. The fourth-order valence-electron chi connectivity index (χ4n) is 7.48. The standard InChI is InChI=1S/C44H55F2N5O7/c1-8-34-27-49(39(52)31-23-33(46)26-35(24-31)47-17-19-48(20-18-47)41(54)57-43(2,3)4)21-22-51(34)40(53)30-11-14-38(37(25-30)29-9-12-32(45)13-10-29)56-36-15-16-50(28-36)42(55)58-44(5,6)7/h9-14,23-26,34,36H,8,15-22,27-28H2,1-7H3/t34-,36-/m0/s1. The van der Waals surface area contributed by atoms with E-state index in [1.165, 1.54) is 24.3 Å². The Morgan fingerprint density at radius 2 is 1.29 bits per heavy atom. The lowest BCUT2D eigenvalue weighted by atomic mass is 9.99. The highest BCUT2D eigenvalue weighted by Gasteiger charge is 2.35. The maximum Gasteiger partial charge on any atom is 0.410 e. The summed E-state index contributed by atoms with van der Waals surface area (Å²) in [7, 11) is 0. The van der Waals surface area contributed by atoms with Crippen LogP contribution in [0.5, 0.6) is 5.75 Å². The number of ether oxygens (including phenoxy) is 3. The van der Waals surface area contributed by atoms with Crippen LogP contribution < -0.4 is 9.64 Å². The number of carbonyl (C=O) groups is 4. The quantitative estimate of drug-likeness (QED) is 0.242. The summed E-state index contributed by atoms with van der Waals surface area (Å²) in [6.45, 7) is 16.2. The summed E-state index contributed by atoms with van der Waals surface area (Å²) in [5.41, 5.74) is 1.23. The fraction of sp³-hybridized carbons (Fsp3) is 0.500. The van der Waals surface area contributed by atoms with E-state index in [0.29, 0.717) is 80.2 Å². The molecule has 58 heavy (non-hydrogen) atoms. The van der Waals surface area contributed by atoms with E-state index >= 15 is 4.39 Å². The van der Waals surface area contributed by atoms with Gasteiger partial charge in [0.15, 0.2) is 0 Å². The van der Waals surface area contributed by atoms with Crippen molar-refractivity contribution in [3.05, 3.63) is 83.4 Å². The Kier molecular flexibility index (Phi) is 12.5. The van der Waals surface area contributed by atoms with Crippen LogP contribution in [0.15, 0.2) is 60.7 Å². The number of rotatable bonds is 7. The van der Waals surface area contributed by atoms with Crippen LogP contribution in [-0.4, -0.2) is 126 Å². The molecule has 4 amide bonds. The van der Waals surface area contributed by atoms with E-state index in [9.17, 15) is 23.6 Å². The first-order valence-electron chi connectivity index (χ1n) is 20.1. The summed E-state index contributed by atoms with van der Waals surface area (Å²) in [4.78, 5) is 62.0. The molecule has 14 heteroatoms.